The molecule has 1 heterocycles. The van der Waals surface area contributed by atoms with Gasteiger partial charge in [-0.05, 0) is 32.8 Å². The molecule has 23 heavy (non-hydrogen) atoms. The number of primary amides is 1. The van der Waals surface area contributed by atoms with Crippen molar-refractivity contribution in [3.8, 4) is 10.6 Å². The number of carbonyl (C=O) groups is 2. The molecule has 0 atom stereocenters. The van der Waals surface area contributed by atoms with Crippen LogP contribution in [0, 0.1) is 6.92 Å². The molecule has 3 N–H and O–H groups in total. The molecule has 1 aromatic heterocycles. The molecule has 0 aliphatic carbocycles. The van der Waals surface area contributed by atoms with E-state index in [2.05, 4.69) is 29.4 Å². The molecule has 122 valence electrons. The molecule has 2 rings (SSSR count). The van der Waals surface area contributed by atoms with Gasteiger partial charge in [0.15, 0.2) is 0 Å². The largest absolute Gasteiger partial charge is 0.368 e. The standard InChI is InChI=1S/C17H21N3O2S/c1-5-11-6-8-12(9-7-11)15-19-10(2)13(23-15)14(21)20-17(3,4)16(18)22/h6-9H,5H2,1-4H3,(H2,18,22)(H,20,21). The second kappa shape index (κ2) is 6.50. The number of hydrogen-bond donors (Lipinski definition) is 2. The Morgan fingerprint density at radius 3 is 2.39 bits per heavy atom. The van der Waals surface area contributed by atoms with Crippen LogP contribution in [-0.2, 0) is 11.2 Å². The van der Waals surface area contributed by atoms with Crippen LogP contribution in [0.15, 0.2) is 24.3 Å². The maximum atomic E-state index is 12.4. The zero-order chi connectivity index (χ0) is 17.2. The van der Waals surface area contributed by atoms with Crippen LogP contribution in [0.2, 0.25) is 0 Å². The summed E-state index contributed by atoms with van der Waals surface area (Å²) in [7, 11) is 0. The Balaban J connectivity index is 2.26. The molecule has 2 aromatic rings. The number of nitrogens with zero attached hydrogens (tertiary/aromatic N) is 1. The monoisotopic (exact) mass is 331 g/mol. The van der Waals surface area contributed by atoms with Crippen LogP contribution in [0.25, 0.3) is 10.6 Å². The SMILES string of the molecule is CCc1ccc(-c2nc(C)c(C(=O)NC(C)(C)C(N)=O)s2)cc1. The molecule has 0 unspecified atom stereocenters. The molecule has 2 amide bonds. The van der Waals surface area contributed by atoms with Gasteiger partial charge < -0.3 is 11.1 Å². The molecule has 0 radical (unpaired) electrons. The Bertz CT molecular complexity index is 733. The van der Waals surface area contributed by atoms with Crippen molar-refractivity contribution >= 4 is 23.2 Å². The van der Waals surface area contributed by atoms with Crippen molar-refractivity contribution in [2.75, 3.05) is 0 Å². The lowest BCUT2D eigenvalue weighted by molar-refractivity contribution is -0.122. The summed E-state index contributed by atoms with van der Waals surface area (Å²) in [5, 5.41) is 3.44. The van der Waals surface area contributed by atoms with Crippen LogP contribution in [0.3, 0.4) is 0 Å². The summed E-state index contributed by atoms with van der Waals surface area (Å²) in [6.07, 6.45) is 0.979. The summed E-state index contributed by atoms with van der Waals surface area (Å²) in [5.74, 6) is -0.913. The number of carbonyl (C=O) groups excluding carboxylic acids is 2. The second-order valence-corrected chi connectivity index (χ2v) is 6.93. The maximum absolute atomic E-state index is 12.4. The van der Waals surface area contributed by atoms with Crippen LogP contribution >= 0.6 is 11.3 Å². The highest BCUT2D eigenvalue weighted by Gasteiger charge is 2.29. The van der Waals surface area contributed by atoms with Crippen molar-refractivity contribution in [3.05, 3.63) is 40.4 Å². The number of aryl methyl sites for hydroxylation is 2. The minimum absolute atomic E-state index is 0.333. The van der Waals surface area contributed by atoms with Gasteiger partial charge in [0.25, 0.3) is 5.91 Å². The van der Waals surface area contributed by atoms with E-state index in [1.54, 1.807) is 20.8 Å². The van der Waals surface area contributed by atoms with E-state index in [0.29, 0.717) is 10.6 Å². The van der Waals surface area contributed by atoms with E-state index in [0.717, 1.165) is 17.0 Å². The average molecular weight is 331 g/mol. The van der Waals surface area contributed by atoms with Crippen LogP contribution in [0.4, 0.5) is 0 Å². The summed E-state index contributed by atoms with van der Waals surface area (Å²) in [6, 6.07) is 8.13. The van der Waals surface area contributed by atoms with Crippen molar-refractivity contribution in [3.63, 3.8) is 0 Å². The third-order valence-electron chi connectivity index (χ3n) is 3.65. The molecular weight excluding hydrogens is 310 g/mol. The average Bonchev–Trinajstić information content (AvgIpc) is 2.89. The van der Waals surface area contributed by atoms with Gasteiger partial charge in [0, 0.05) is 5.56 Å². The van der Waals surface area contributed by atoms with E-state index in [1.165, 1.54) is 16.9 Å². The Morgan fingerprint density at radius 2 is 1.87 bits per heavy atom. The predicted molar refractivity (Wildman–Crippen MR) is 92.4 cm³/mol. The first-order chi connectivity index (χ1) is 10.7. The number of aromatic nitrogens is 1. The van der Waals surface area contributed by atoms with Gasteiger partial charge in [0.05, 0.1) is 5.69 Å². The fourth-order valence-corrected chi connectivity index (χ4v) is 2.98. The third kappa shape index (κ3) is 3.76. The fourth-order valence-electron chi connectivity index (χ4n) is 2.02. The molecule has 1 aromatic carbocycles. The van der Waals surface area contributed by atoms with E-state index in [1.807, 2.05) is 12.1 Å². The Hall–Kier alpha value is -2.21. The van der Waals surface area contributed by atoms with E-state index >= 15 is 0 Å². The van der Waals surface area contributed by atoms with Crippen molar-refractivity contribution < 1.29 is 9.59 Å². The van der Waals surface area contributed by atoms with Crippen LogP contribution in [0.1, 0.15) is 41.7 Å². The van der Waals surface area contributed by atoms with Gasteiger partial charge in [-0.15, -0.1) is 11.3 Å². The van der Waals surface area contributed by atoms with Gasteiger partial charge in [-0.3, -0.25) is 9.59 Å². The second-order valence-electron chi connectivity index (χ2n) is 5.93. The van der Waals surface area contributed by atoms with Gasteiger partial charge in [-0.2, -0.15) is 0 Å². The van der Waals surface area contributed by atoms with Crippen molar-refractivity contribution in [1.82, 2.24) is 10.3 Å². The predicted octanol–water partition coefficient (Wildman–Crippen LogP) is 2.67. The topological polar surface area (TPSA) is 85.1 Å². The van der Waals surface area contributed by atoms with E-state index < -0.39 is 11.4 Å². The molecule has 0 saturated heterocycles. The molecule has 0 saturated carbocycles. The summed E-state index contributed by atoms with van der Waals surface area (Å²) >= 11 is 1.31. The lowest BCUT2D eigenvalue weighted by Crippen LogP contribution is -2.52. The molecule has 0 aliphatic heterocycles. The molecule has 0 aliphatic rings. The first-order valence-corrected chi connectivity index (χ1v) is 8.25. The number of thiazole rings is 1. The zero-order valence-corrected chi connectivity index (χ0v) is 14.6. The van der Waals surface area contributed by atoms with Crippen molar-refractivity contribution in [2.24, 2.45) is 5.73 Å². The first kappa shape index (κ1) is 17.1. The molecule has 0 bridgehead atoms. The van der Waals surface area contributed by atoms with Gasteiger partial charge >= 0.3 is 0 Å². The van der Waals surface area contributed by atoms with Gasteiger partial charge in [0.2, 0.25) is 5.91 Å². The number of rotatable bonds is 5. The highest BCUT2D eigenvalue weighted by atomic mass is 32.1. The van der Waals surface area contributed by atoms with Crippen molar-refractivity contribution in [2.45, 2.75) is 39.7 Å². The lowest BCUT2D eigenvalue weighted by atomic mass is 10.1. The van der Waals surface area contributed by atoms with Gasteiger partial charge in [-0.25, -0.2) is 4.98 Å². The van der Waals surface area contributed by atoms with Crippen molar-refractivity contribution in [1.29, 1.82) is 0 Å². The molecule has 5 nitrogen and oxygen atoms in total. The maximum Gasteiger partial charge on any atom is 0.264 e. The Labute approximate surface area is 139 Å². The smallest absolute Gasteiger partial charge is 0.264 e. The quantitative estimate of drug-likeness (QED) is 0.883. The molecular formula is C17H21N3O2S. The van der Waals surface area contributed by atoms with E-state index in [4.69, 9.17) is 5.73 Å². The lowest BCUT2D eigenvalue weighted by Gasteiger charge is -2.21. The minimum atomic E-state index is -1.10. The zero-order valence-electron chi connectivity index (χ0n) is 13.8. The minimum Gasteiger partial charge on any atom is -0.368 e. The number of benzene rings is 1. The normalized spacial score (nSPS) is 11.3. The first-order valence-electron chi connectivity index (χ1n) is 7.43. The van der Waals surface area contributed by atoms with Gasteiger partial charge in [-0.1, -0.05) is 31.2 Å². The number of nitrogens with two attached hydrogens (primary N) is 1. The van der Waals surface area contributed by atoms with Crippen LogP contribution in [-0.4, -0.2) is 22.3 Å². The number of hydrogen-bond acceptors (Lipinski definition) is 4. The highest BCUT2D eigenvalue weighted by Crippen LogP contribution is 2.28. The summed E-state index contributed by atoms with van der Waals surface area (Å²) < 4.78 is 0. The van der Waals surface area contributed by atoms with Crippen LogP contribution < -0.4 is 11.1 Å². The number of amides is 2. The molecule has 0 fully saturated rings. The van der Waals surface area contributed by atoms with Crippen LogP contribution in [0.5, 0.6) is 0 Å². The summed E-state index contributed by atoms with van der Waals surface area (Å²) in [4.78, 5) is 28.7. The van der Waals surface area contributed by atoms with Gasteiger partial charge in [0.1, 0.15) is 15.4 Å². The number of nitrogens with one attached hydrogen (secondary N) is 1. The molecule has 6 heteroatoms. The Kier molecular flexibility index (Phi) is 4.85. The van der Waals surface area contributed by atoms with E-state index in [-0.39, 0.29) is 5.91 Å². The Morgan fingerprint density at radius 1 is 1.26 bits per heavy atom. The summed E-state index contributed by atoms with van der Waals surface area (Å²) in [6.45, 7) is 7.04. The summed E-state index contributed by atoms with van der Waals surface area (Å²) in [5.41, 5.74) is 7.06. The molecule has 0 spiro atoms. The fraction of sp³-hybridized carbons (Fsp3) is 0.353. The third-order valence-corrected chi connectivity index (χ3v) is 4.86. The van der Waals surface area contributed by atoms with E-state index in [9.17, 15) is 9.59 Å². The highest BCUT2D eigenvalue weighted by molar-refractivity contribution is 7.17.